The van der Waals surface area contributed by atoms with Gasteiger partial charge in [0.25, 0.3) is 5.56 Å². The van der Waals surface area contributed by atoms with E-state index in [0.29, 0.717) is 5.69 Å². The highest BCUT2D eigenvalue weighted by Crippen LogP contribution is 2.08. The number of carbonyl (C=O) groups excluding carboxylic acids is 1. The molecule has 0 atom stereocenters. The predicted octanol–water partition coefficient (Wildman–Crippen LogP) is 1.20. The molecule has 0 unspecified atom stereocenters. The second-order valence-corrected chi connectivity index (χ2v) is 4.88. The van der Waals surface area contributed by atoms with Crippen LogP contribution in [0, 0.1) is 11.3 Å². The van der Waals surface area contributed by atoms with Crippen molar-refractivity contribution in [2.24, 2.45) is 0 Å². The van der Waals surface area contributed by atoms with E-state index in [1.807, 2.05) is 28.8 Å². The van der Waals surface area contributed by atoms with Crippen LogP contribution in [0.2, 0.25) is 0 Å². The van der Waals surface area contributed by atoms with Crippen LogP contribution in [0.5, 0.6) is 0 Å². The maximum absolute atomic E-state index is 12.2. The number of nitrogens with zero attached hydrogens (tertiary/aromatic N) is 4. The van der Waals surface area contributed by atoms with E-state index in [2.05, 4.69) is 9.72 Å². The molecule has 0 aliphatic rings. The molecule has 0 saturated carbocycles. The van der Waals surface area contributed by atoms with Gasteiger partial charge in [0, 0.05) is 18.6 Å². The van der Waals surface area contributed by atoms with Crippen LogP contribution >= 0.6 is 0 Å². The Hall–Kier alpha value is -3.40. The van der Waals surface area contributed by atoms with Gasteiger partial charge in [-0.2, -0.15) is 5.26 Å². The minimum absolute atomic E-state index is 0.114. The van der Waals surface area contributed by atoms with Gasteiger partial charge in [-0.3, -0.25) is 4.79 Å². The van der Waals surface area contributed by atoms with Gasteiger partial charge < -0.3 is 13.7 Å². The standard InChI is InChI=1S/C16H12N4O3/c1-23-16(22)12-6-11(7-17)15(21)20(8-12)10-13-9-19-5-3-2-4-14(19)18-13/h2-6,8-9H,10H2,1H3. The zero-order valence-electron chi connectivity index (χ0n) is 12.3. The Kier molecular flexibility index (Phi) is 3.65. The van der Waals surface area contributed by atoms with E-state index >= 15 is 0 Å². The number of imidazole rings is 1. The topological polar surface area (TPSA) is 89.4 Å². The largest absolute Gasteiger partial charge is 0.465 e. The molecule has 0 aliphatic heterocycles. The Labute approximate surface area is 131 Å². The molecule has 3 aromatic heterocycles. The number of rotatable bonds is 3. The van der Waals surface area contributed by atoms with Crippen molar-refractivity contribution >= 4 is 11.6 Å². The lowest BCUT2D eigenvalue weighted by Crippen LogP contribution is -2.24. The summed E-state index contributed by atoms with van der Waals surface area (Å²) in [7, 11) is 1.24. The third kappa shape index (κ3) is 2.70. The fourth-order valence-electron chi connectivity index (χ4n) is 2.30. The van der Waals surface area contributed by atoms with Gasteiger partial charge in [-0.1, -0.05) is 6.07 Å². The first kappa shape index (κ1) is 14.5. The van der Waals surface area contributed by atoms with E-state index < -0.39 is 11.5 Å². The van der Waals surface area contributed by atoms with Crippen LogP contribution in [0.4, 0.5) is 0 Å². The van der Waals surface area contributed by atoms with E-state index in [-0.39, 0.29) is 17.7 Å². The molecule has 0 amide bonds. The summed E-state index contributed by atoms with van der Waals surface area (Å²) in [5, 5.41) is 9.07. The van der Waals surface area contributed by atoms with Gasteiger partial charge in [0.2, 0.25) is 0 Å². The van der Waals surface area contributed by atoms with Crippen LogP contribution < -0.4 is 5.56 Å². The summed E-state index contributed by atoms with van der Waals surface area (Å²) in [5.41, 5.74) is 0.950. The highest BCUT2D eigenvalue weighted by atomic mass is 16.5. The van der Waals surface area contributed by atoms with E-state index in [0.717, 1.165) is 5.65 Å². The van der Waals surface area contributed by atoms with Crippen LogP contribution in [0.15, 0.2) is 47.7 Å². The van der Waals surface area contributed by atoms with Crippen LogP contribution in [0.3, 0.4) is 0 Å². The molecular formula is C16H12N4O3. The summed E-state index contributed by atoms with van der Waals surface area (Å²) in [6.07, 6.45) is 5.01. The second-order valence-electron chi connectivity index (χ2n) is 4.88. The van der Waals surface area contributed by atoms with Crippen molar-refractivity contribution in [3.63, 3.8) is 0 Å². The lowest BCUT2D eigenvalue weighted by molar-refractivity contribution is 0.0599. The summed E-state index contributed by atoms with van der Waals surface area (Å²) in [5.74, 6) is -0.606. The van der Waals surface area contributed by atoms with Crippen molar-refractivity contribution in [2.45, 2.75) is 6.54 Å². The molecule has 0 N–H and O–H groups in total. The Morgan fingerprint density at radius 3 is 2.91 bits per heavy atom. The average molecular weight is 308 g/mol. The lowest BCUT2D eigenvalue weighted by atomic mass is 10.2. The summed E-state index contributed by atoms with van der Waals surface area (Å²) < 4.78 is 7.76. The summed E-state index contributed by atoms with van der Waals surface area (Å²) in [6, 6.07) is 8.61. The third-order valence-electron chi connectivity index (χ3n) is 3.37. The number of hydrogen-bond acceptors (Lipinski definition) is 5. The van der Waals surface area contributed by atoms with Crippen molar-refractivity contribution < 1.29 is 9.53 Å². The van der Waals surface area contributed by atoms with Gasteiger partial charge in [0.1, 0.15) is 17.3 Å². The summed E-state index contributed by atoms with van der Waals surface area (Å²) >= 11 is 0. The molecule has 0 aromatic carbocycles. The molecule has 0 saturated heterocycles. The molecule has 7 heteroatoms. The third-order valence-corrected chi connectivity index (χ3v) is 3.37. The Balaban J connectivity index is 2.06. The number of methoxy groups -OCH3 is 1. The van der Waals surface area contributed by atoms with Gasteiger partial charge >= 0.3 is 5.97 Å². The smallest absolute Gasteiger partial charge is 0.339 e. The highest BCUT2D eigenvalue weighted by molar-refractivity contribution is 5.89. The highest BCUT2D eigenvalue weighted by Gasteiger charge is 2.13. The van der Waals surface area contributed by atoms with Crippen molar-refractivity contribution in [1.29, 1.82) is 5.26 Å². The van der Waals surface area contributed by atoms with Crippen molar-refractivity contribution in [3.8, 4) is 6.07 Å². The van der Waals surface area contributed by atoms with Gasteiger partial charge in [0.05, 0.1) is 24.9 Å². The minimum atomic E-state index is -0.606. The zero-order chi connectivity index (χ0) is 16.4. The van der Waals surface area contributed by atoms with Crippen LogP contribution in [-0.2, 0) is 11.3 Å². The van der Waals surface area contributed by atoms with Gasteiger partial charge in [-0.25, -0.2) is 9.78 Å². The van der Waals surface area contributed by atoms with E-state index in [1.54, 1.807) is 12.3 Å². The minimum Gasteiger partial charge on any atom is -0.465 e. The molecule has 3 heterocycles. The molecule has 0 fully saturated rings. The first-order valence-corrected chi connectivity index (χ1v) is 6.78. The summed E-state index contributed by atoms with van der Waals surface area (Å²) in [6.45, 7) is 0.153. The van der Waals surface area contributed by atoms with Crippen LogP contribution in [0.1, 0.15) is 21.6 Å². The predicted molar refractivity (Wildman–Crippen MR) is 81.1 cm³/mol. The van der Waals surface area contributed by atoms with Gasteiger partial charge in [0.15, 0.2) is 0 Å². The number of esters is 1. The SMILES string of the molecule is COC(=O)c1cc(C#N)c(=O)n(Cc2cn3ccccc3n2)c1. The Morgan fingerprint density at radius 1 is 1.39 bits per heavy atom. The number of pyridine rings is 2. The number of fused-ring (bicyclic) bond motifs is 1. The molecular weight excluding hydrogens is 296 g/mol. The summed E-state index contributed by atoms with van der Waals surface area (Å²) in [4.78, 5) is 28.3. The molecule has 0 aliphatic carbocycles. The van der Waals surface area contributed by atoms with E-state index in [9.17, 15) is 9.59 Å². The quantitative estimate of drug-likeness (QED) is 0.678. The lowest BCUT2D eigenvalue weighted by Gasteiger charge is -2.07. The molecule has 3 aromatic rings. The van der Waals surface area contributed by atoms with Crippen molar-refractivity contribution in [2.75, 3.05) is 7.11 Å². The number of carbonyl (C=O) groups is 1. The van der Waals surface area contributed by atoms with Crippen LogP contribution in [0.25, 0.3) is 5.65 Å². The number of hydrogen-bond donors (Lipinski definition) is 0. The fourth-order valence-corrected chi connectivity index (χ4v) is 2.30. The monoisotopic (exact) mass is 308 g/mol. The fraction of sp³-hybridized carbons (Fsp3) is 0.125. The van der Waals surface area contributed by atoms with Crippen molar-refractivity contribution in [1.82, 2.24) is 14.0 Å². The molecule has 114 valence electrons. The van der Waals surface area contributed by atoms with Gasteiger partial charge in [-0.15, -0.1) is 0 Å². The molecule has 23 heavy (non-hydrogen) atoms. The molecule has 0 bridgehead atoms. The second kappa shape index (κ2) is 5.77. The van der Waals surface area contributed by atoms with E-state index in [1.165, 1.54) is 23.9 Å². The van der Waals surface area contributed by atoms with Gasteiger partial charge in [-0.05, 0) is 18.2 Å². The molecule has 0 spiro atoms. The molecule has 0 radical (unpaired) electrons. The Bertz CT molecular complexity index is 961. The maximum atomic E-state index is 12.2. The number of ether oxygens (including phenoxy) is 1. The molecule has 7 nitrogen and oxygen atoms in total. The van der Waals surface area contributed by atoms with Crippen molar-refractivity contribution in [3.05, 3.63) is 70.0 Å². The zero-order valence-corrected chi connectivity index (χ0v) is 12.3. The Morgan fingerprint density at radius 2 is 2.22 bits per heavy atom. The average Bonchev–Trinajstić information content (AvgIpc) is 2.98. The van der Waals surface area contributed by atoms with E-state index in [4.69, 9.17) is 5.26 Å². The first-order valence-electron chi connectivity index (χ1n) is 6.78. The number of aromatic nitrogens is 3. The first-order chi connectivity index (χ1) is 11.1. The number of nitriles is 1. The normalized spacial score (nSPS) is 10.4. The maximum Gasteiger partial charge on any atom is 0.339 e. The molecule has 3 rings (SSSR count). The van der Waals surface area contributed by atoms with Crippen LogP contribution in [-0.4, -0.2) is 27.0 Å².